The lowest BCUT2D eigenvalue weighted by Gasteiger charge is -2.31. The molecule has 1 amide bonds. The number of hydrogen-bond donors (Lipinski definition) is 1. The second kappa shape index (κ2) is 6.67. The van der Waals surface area contributed by atoms with Gasteiger partial charge in [-0.1, -0.05) is 11.6 Å². The van der Waals surface area contributed by atoms with Gasteiger partial charge in [-0.05, 0) is 25.0 Å². The number of aromatic nitrogens is 1. The molecular formula is C13H15ClN2O4. The van der Waals surface area contributed by atoms with E-state index in [1.165, 1.54) is 6.20 Å². The highest BCUT2D eigenvalue weighted by Crippen LogP contribution is 2.19. The Hall–Kier alpha value is -1.66. The summed E-state index contributed by atoms with van der Waals surface area (Å²) in [5.41, 5.74) is 0.388. The minimum atomic E-state index is -0.981. The second-order valence-electron chi connectivity index (χ2n) is 4.54. The van der Waals surface area contributed by atoms with Gasteiger partial charge in [0.25, 0.3) is 5.91 Å². The highest BCUT2D eigenvalue weighted by Gasteiger charge is 2.25. The zero-order valence-electron chi connectivity index (χ0n) is 10.8. The number of amides is 1. The molecule has 2 heterocycles. The van der Waals surface area contributed by atoms with Gasteiger partial charge < -0.3 is 14.7 Å². The number of nitrogens with zero attached hydrogens (tertiary/aromatic N) is 2. The van der Waals surface area contributed by atoms with Gasteiger partial charge in [0.15, 0.2) is 0 Å². The van der Waals surface area contributed by atoms with E-state index in [9.17, 15) is 9.59 Å². The first-order chi connectivity index (χ1) is 9.58. The van der Waals surface area contributed by atoms with E-state index in [1.54, 1.807) is 17.0 Å². The van der Waals surface area contributed by atoms with Crippen LogP contribution in [0.5, 0.6) is 0 Å². The number of likely N-dealkylation sites (tertiary alicyclic amines) is 1. The SMILES string of the molecule is O=C(O)COC1CCN(C(=O)c2cccnc2Cl)CC1. The lowest BCUT2D eigenvalue weighted by molar-refractivity contribution is -0.145. The summed E-state index contributed by atoms with van der Waals surface area (Å²) < 4.78 is 5.23. The number of piperidine rings is 1. The molecule has 0 saturated carbocycles. The molecule has 1 fully saturated rings. The Morgan fingerprint density at radius 1 is 1.45 bits per heavy atom. The topological polar surface area (TPSA) is 79.7 Å². The molecule has 7 heteroatoms. The molecule has 108 valence electrons. The van der Waals surface area contributed by atoms with Crippen molar-refractivity contribution >= 4 is 23.5 Å². The summed E-state index contributed by atoms with van der Waals surface area (Å²) in [6.45, 7) is 0.746. The first-order valence-corrected chi connectivity index (χ1v) is 6.69. The summed E-state index contributed by atoms with van der Waals surface area (Å²) in [7, 11) is 0. The van der Waals surface area contributed by atoms with E-state index in [4.69, 9.17) is 21.4 Å². The predicted molar refractivity (Wildman–Crippen MR) is 71.8 cm³/mol. The van der Waals surface area contributed by atoms with Gasteiger partial charge in [-0.2, -0.15) is 0 Å². The van der Waals surface area contributed by atoms with Crippen molar-refractivity contribution in [1.29, 1.82) is 0 Å². The Bertz CT molecular complexity index is 501. The van der Waals surface area contributed by atoms with Crippen LogP contribution in [0.1, 0.15) is 23.2 Å². The van der Waals surface area contributed by atoms with E-state index >= 15 is 0 Å². The average molecular weight is 299 g/mol. The van der Waals surface area contributed by atoms with Crippen LogP contribution in [0.4, 0.5) is 0 Å². The lowest BCUT2D eigenvalue weighted by atomic mass is 10.1. The minimum absolute atomic E-state index is 0.112. The van der Waals surface area contributed by atoms with Crippen molar-refractivity contribution in [3.05, 3.63) is 29.0 Å². The number of carboxylic acid groups (broad SMARTS) is 1. The van der Waals surface area contributed by atoms with Crippen molar-refractivity contribution in [1.82, 2.24) is 9.88 Å². The Morgan fingerprint density at radius 3 is 2.75 bits per heavy atom. The highest BCUT2D eigenvalue weighted by molar-refractivity contribution is 6.32. The smallest absolute Gasteiger partial charge is 0.329 e. The van der Waals surface area contributed by atoms with Crippen molar-refractivity contribution < 1.29 is 19.4 Å². The third kappa shape index (κ3) is 3.68. The Kier molecular flexibility index (Phi) is 4.92. The summed E-state index contributed by atoms with van der Waals surface area (Å²) in [5.74, 6) is -1.13. The van der Waals surface area contributed by atoms with E-state index in [0.29, 0.717) is 31.5 Å². The number of rotatable bonds is 4. The van der Waals surface area contributed by atoms with Crippen LogP contribution in [0.2, 0.25) is 5.15 Å². The van der Waals surface area contributed by atoms with Crippen LogP contribution in [0.3, 0.4) is 0 Å². The van der Waals surface area contributed by atoms with E-state index in [2.05, 4.69) is 4.98 Å². The number of ether oxygens (including phenoxy) is 1. The van der Waals surface area contributed by atoms with Gasteiger partial charge in [0.2, 0.25) is 0 Å². The van der Waals surface area contributed by atoms with Crippen molar-refractivity contribution in [3.8, 4) is 0 Å². The van der Waals surface area contributed by atoms with Crippen LogP contribution in [-0.2, 0) is 9.53 Å². The van der Waals surface area contributed by atoms with E-state index in [0.717, 1.165) is 0 Å². The summed E-state index contributed by atoms with van der Waals surface area (Å²) in [5, 5.41) is 8.75. The molecule has 2 rings (SSSR count). The van der Waals surface area contributed by atoms with Crippen LogP contribution in [0, 0.1) is 0 Å². The summed E-state index contributed by atoms with van der Waals surface area (Å²) in [6, 6.07) is 3.31. The van der Waals surface area contributed by atoms with Gasteiger partial charge in [0, 0.05) is 19.3 Å². The van der Waals surface area contributed by atoms with Gasteiger partial charge in [-0.15, -0.1) is 0 Å². The fourth-order valence-electron chi connectivity index (χ4n) is 2.13. The summed E-state index contributed by atoms with van der Waals surface area (Å²) >= 11 is 5.90. The van der Waals surface area contributed by atoms with Crippen LogP contribution < -0.4 is 0 Å². The van der Waals surface area contributed by atoms with Crippen LogP contribution in [-0.4, -0.2) is 52.7 Å². The zero-order valence-corrected chi connectivity index (χ0v) is 11.5. The number of carboxylic acids is 1. The van der Waals surface area contributed by atoms with Crippen LogP contribution in [0.25, 0.3) is 0 Å². The third-order valence-electron chi connectivity index (χ3n) is 3.16. The quantitative estimate of drug-likeness (QED) is 0.851. The van der Waals surface area contributed by atoms with Crippen molar-refractivity contribution in [2.75, 3.05) is 19.7 Å². The standard InChI is InChI=1S/C13H15ClN2O4/c14-12-10(2-1-5-15-12)13(19)16-6-3-9(4-7-16)20-8-11(17)18/h1-2,5,9H,3-4,6-8H2,(H,17,18). The van der Waals surface area contributed by atoms with Gasteiger partial charge in [0.1, 0.15) is 11.8 Å². The molecule has 1 N–H and O–H groups in total. The van der Waals surface area contributed by atoms with Gasteiger partial charge in [-0.25, -0.2) is 9.78 Å². The summed E-state index contributed by atoms with van der Waals surface area (Å²) in [4.78, 5) is 28.3. The van der Waals surface area contributed by atoms with Crippen molar-refractivity contribution in [2.45, 2.75) is 18.9 Å². The highest BCUT2D eigenvalue weighted by atomic mass is 35.5. The van der Waals surface area contributed by atoms with Gasteiger partial charge >= 0.3 is 5.97 Å². The third-order valence-corrected chi connectivity index (χ3v) is 3.46. The van der Waals surface area contributed by atoms with E-state index < -0.39 is 5.97 Å². The molecule has 1 aliphatic rings. The molecular weight excluding hydrogens is 284 g/mol. The Morgan fingerprint density at radius 2 is 2.15 bits per heavy atom. The fourth-order valence-corrected chi connectivity index (χ4v) is 2.33. The maximum Gasteiger partial charge on any atom is 0.329 e. The van der Waals surface area contributed by atoms with Crippen molar-refractivity contribution in [2.24, 2.45) is 0 Å². The largest absolute Gasteiger partial charge is 0.480 e. The van der Waals surface area contributed by atoms with Gasteiger partial charge in [-0.3, -0.25) is 4.79 Å². The molecule has 20 heavy (non-hydrogen) atoms. The summed E-state index contributed by atoms with van der Waals surface area (Å²) in [6.07, 6.45) is 2.67. The number of pyridine rings is 1. The first-order valence-electron chi connectivity index (χ1n) is 6.31. The number of carbonyl (C=O) groups excluding carboxylic acids is 1. The molecule has 0 bridgehead atoms. The monoisotopic (exact) mass is 298 g/mol. The molecule has 0 atom stereocenters. The van der Waals surface area contributed by atoms with Crippen LogP contribution in [0.15, 0.2) is 18.3 Å². The molecule has 0 spiro atoms. The molecule has 1 saturated heterocycles. The normalized spacial score (nSPS) is 16.1. The molecule has 1 aliphatic heterocycles. The number of hydrogen-bond acceptors (Lipinski definition) is 4. The zero-order chi connectivity index (χ0) is 14.5. The Balaban J connectivity index is 1.89. The molecule has 1 aromatic heterocycles. The van der Waals surface area contributed by atoms with Gasteiger partial charge in [0.05, 0.1) is 11.7 Å². The second-order valence-corrected chi connectivity index (χ2v) is 4.90. The minimum Gasteiger partial charge on any atom is -0.480 e. The number of halogens is 1. The van der Waals surface area contributed by atoms with Crippen molar-refractivity contribution in [3.63, 3.8) is 0 Å². The maximum atomic E-state index is 12.3. The molecule has 0 aliphatic carbocycles. The predicted octanol–water partition coefficient (Wildman–Crippen LogP) is 1.44. The molecule has 6 nitrogen and oxygen atoms in total. The fraction of sp³-hybridized carbons (Fsp3) is 0.462. The lowest BCUT2D eigenvalue weighted by Crippen LogP contribution is -2.41. The first kappa shape index (κ1) is 14.7. The number of aliphatic carboxylic acids is 1. The molecule has 0 radical (unpaired) electrons. The average Bonchev–Trinajstić information content (AvgIpc) is 2.45. The number of carbonyl (C=O) groups is 2. The molecule has 0 aromatic carbocycles. The molecule has 1 aromatic rings. The Labute approximate surface area is 121 Å². The maximum absolute atomic E-state index is 12.3. The van der Waals surface area contributed by atoms with E-state index in [-0.39, 0.29) is 23.8 Å². The van der Waals surface area contributed by atoms with E-state index in [1.807, 2.05) is 0 Å². The molecule has 0 unspecified atom stereocenters. The van der Waals surface area contributed by atoms with Crippen LogP contribution >= 0.6 is 11.6 Å².